The van der Waals surface area contributed by atoms with Crippen molar-refractivity contribution < 1.29 is 9.90 Å². The predicted molar refractivity (Wildman–Crippen MR) is 54.3 cm³/mol. The highest BCUT2D eigenvalue weighted by molar-refractivity contribution is 5.82. The Morgan fingerprint density at radius 1 is 1.73 bits per heavy atom. The van der Waals surface area contributed by atoms with Crippen LogP contribution in [0.2, 0.25) is 0 Å². The fourth-order valence-electron chi connectivity index (χ4n) is 1.97. The van der Waals surface area contributed by atoms with Crippen LogP contribution < -0.4 is 5.32 Å². The van der Waals surface area contributed by atoms with Gasteiger partial charge in [0.1, 0.15) is 5.82 Å². The second-order valence-electron chi connectivity index (χ2n) is 3.69. The summed E-state index contributed by atoms with van der Waals surface area (Å²) in [6.45, 7) is 1.24. The summed E-state index contributed by atoms with van der Waals surface area (Å²) in [6, 6.07) is 0. The summed E-state index contributed by atoms with van der Waals surface area (Å²) in [4.78, 5) is 15.9. The summed E-state index contributed by atoms with van der Waals surface area (Å²) >= 11 is 0. The predicted octanol–water partition coefficient (Wildman–Crippen LogP) is -0.131. The van der Waals surface area contributed by atoms with E-state index in [4.69, 9.17) is 5.11 Å². The van der Waals surface area contributed by atoms with Crippen LogP contribution in [0, 0.1) is 0 Å². The minimum atomic E-state index is -0.153. The van der Waals surface area contributed by atoms with Crippen molar-refractivity contribution in [3.8, 4) is 0 Å². The molecule has 0 saturated heterocycles. The molecule has 15 heavy (non-hydrogen) atoms. The number of imidazole rings is 1. The van der Waals surface area contributed by atoms with Crippen molar-refractivity contribution in [3.05, 3.63) is 18.2 Å². The summed E-state index contributed by atoms with van der Waals surface area (Å²) in [5.74, 6) is 0.660. The fraction of sp³-hybridized carbons (Fsp3) is 0.600. The van der Waals surface area contributed by atoms with Crippen LogP contribution in [0.3, 0.4) is 0 Å². The van der Waals surface area contributed by atoms with Crippen molar-refractivity contribution in [2.24, 2.45) is 0 Å². The Labute approximate surface area is 88.1 Å². The lowest BCUT2D eigenvalue weighted by atomic mass is 9.98. The van der Waals surface area contributed by atoms with E-state index in [2.05, 4.69) is 10.3 Å². The first-order valence-corrected chi connectivity index (χ1v) is 5.22. The van der Waals surface area contributed by atoms with Crippen LogP contribution in [-0.4, -0.2) is 33.7 Å². The SMILES string of the molecule is O=C(NCCO)C1CCCn2ccnc21. The lowest BCUT2D eigenvalue weighted by Crippen LogP contribution is -2.34. The number of carbonyl (C=O) groups excluding carboxylic acids is 1. The third kappa shape index (κ3) is 2.02. The van der Waals surface area contributed by atoms with E-state index in [0.29, 0.717) is 6.54 Å². The van der Waals surface area contributed by atoms with E-state index in [1.807, 2.05) is 10.8 Å². The van der Waals surface area contributed by atoms with E-state index in [1.165, 1.54) is 0 Å². The first-order chi connectivity index (χ1) is 7.33. The van der Waals surface area contributed by atoms with Gasteiger partial charge in [0.15, 0.2) is 0 Å². The Hall–Kier alpha value is -1.36. The third-order valence-electron chi connectivity index (χ3n) is 2.68. The summed E-state index contributed by atoms with van der Waals surface area (Å²) < 4.78 is 2.02. The molecule has 0 spiro atoms. The molecule has 1 amide bonds. The van der Waals surface area contributed by atoms with Crippen LogP contribution in [0.25, 0.3) is 0 Å². The minimum Gasteiger partial charge on any atom is -0.395 e. The molecule has 1 aliphatic rings. The monoisotopic (exact) mass is 209 g/mol. The summed E-state index contributed by atoms with van der Waals surface area (Å²) in [5.41, 5.74) is 0. The van der Waals surface area contributed by atoms with Crippen LogP contribution in [0.5, 0.6) is 0 Å². The molecule has 1 aromatic rings. The topological polar surface area (TPSA) is 67.2 Å². The lowest BCUT2D eigenvalue weighted by Gasteiger charge is -2.22. The van der Waals surface area contributed by atoms with Gasteiger partial charge in [-0.15, -0.1) is 0 Å². The Kier molecular flexibility index (Phi) is 3.01. The number of rotatable bonds is 3. The summed E-state index contributed by atoms with van der Waals surface area (Å²) in [5, 5.41) is 11.3. The van der Waals surface area contributed by atoms with Crippen molar-refractivity contribution in [2.45, 2.75) is 25.3 Å². The Bertz CT molecular complexity index is 348. The largest absolute Gasteiger partial charge is 0.395 e. The molecule has 0 fully saturated rings. The number of aliphatic hydroxyl groups is 1. The van der Waals surface area contributed by atoms with Crippen molar-refractivity contribution in [1.82, 2.24) is 14.9 Å². The normalized spacial score (nSPS) is 19.7. The van der Waals surface area contributed by atoms with Gasteiger partial charge in [0.2, 0.25) is 5.91 Å². The standard InChI is InChI=1S/C10H15N3O2/c14-7-4-12-10(15)8-2-1-5-13-6-3-11-9(8)13/h3,6,8,14H,1-2,4-5,7H2,(H,12,15). The van der Waals surface area contributed by atoms with Crippen LogP contribution in [-0.2, 0) is 11.3 Å². The molecule has 5 nitrogen and oxygen atoms in total. The van der Waals surface area contributed by atoms with Gasteiger partial charge >= 0.3 is 0 Å². The summed E-state index contributed by atoms with van der Waals surface area (Å²) in [7, 11) is 0. The second kappa shape index (κ2) is 4.44. The van der Waals surface area contributed by atoms with Crippen molar-refractivity contribution in [3.63, 3.8) is 0 Å². The number of amides is 1. The van der Waals surface area contributed by atoms with Gasteiger partial charge in [-0.05, 0) is 12.8 Å². The molecule has 0 radical (unpaired) electrons. The first-order valence-electron chi connectivity index (χ1n) is 5.22. The van der Waals surface area contributed by atoms with Crippen molar-refractivity contribution >= 4 is 5.91 Å². The molecule has 1 atom stereocenters. The Balaban J connectivity index is 2.08. The maximum atomic E-state index is 11.7. The highest BCUT2D eigenvalue weighted by atomic mass is 16.3. The van der Waals surface area contributed by atoms with E-state index < -0.39 is 0 Å². The smallest absolute Gasteiger partial charge is 0.230 e. The van der Waals surface area contributed by atoms with Gasteiger partial charge in [0.05, 0.1) is 12.5 Å². The van der Waals surface area contributed by atoms with Crippen LogP contribution in [0.4, 0.5) is 0 Å². The van der Waals surface area contributed by atoms with E-state index in [-0.39, 0.29) is 18.4 Å². The van der Waals surface area contributed by atoms with Crippen LogP contribution in [0.15, 0.2) is 12.4 Å². The molecule has 1 aliphatic heterocycles. The number of hydrogen-bond donors (Lipinski definition) is 2. The number of aliphatic hydroxyl groups excluding tert-OH is 1. The van der Waals surface area contributed by atoms with Gasteiger partial charge in [-0.3, -0.25) is 4.79 Å². The fourth-order valence-corrected chi connectivity index (χ4v) is 1.97. The molecule has 82 valence electrons. The number of aromatic nitrogens is 2. The number of nitrogens with zero attached hydrogens (tertiary/aromatic N) is 2. The zero-order valence-corrected chi connectivity index (χ0v) is 8.52. The maximum absolute atomic E-state index is 11.7. The molecular formula is C10H15N3O2. The number of nitrogens with one attached hydrogen (secondary N) is 1. The minimum absolute atomic E-state index is 0.0209. The molecule has 2 rings (SSSR count). The van der Waals surface area contributed by atoms with Gasteiger partial charge in [0, 0.05) is 25.5 Å². The van der Waals surface area contributed by atoms with E-state index in [1.54, 1.807) is 6.20 Å². The highest BCUT2D eigenvalue weighted by Gasteiger charge is 2.27. The molecule has 1 unspecified atom stereocenters. The molecule has 2 N–H and O–H groups in total. The zero-order valence-electron chi connectivity index (χ0n) is 8.52. The molecule has 0 aromatic carbocycles. The second-order valence-corrected chi connectivity index (χ2v) is 3.69. The van der Waals surface area contributed by atoms with Crippen LogP contribution >= 0.6 is 0 Å². The maximum Gasteiger partial charge on any atom is 0.230 e. The van der Waals surface area contributed by atoms with Gasteiger partial charge in [0.25, 0.3) is 0 Å². The average Bonchev–Trinajstić information content (AvgIpc) is 2.73. The van der Waals surface area contributed by atoms with E-state index >= 15 is 0 Å². The number of carbonyl (C=O) groups is 1. The first kappa shape index (κ1) is 10.2. The molecule has 0 bridgehead atoms. The molecule has 1 aromatic heterocycles. The lowest BCUT2D eigenvalue weighted by molar-refractivity contribution is -0.123. The third-order valence-corrected chi connectivity index (χ3v) is 2.68. The van der Waals surface area contributed by atoms with E-state index in [0.717, 1.165) is 25.2 Å². The molecular weight excluding hydrogens is 194 g/mol. The molecule has 2 heterocycles. The van der Waals surface area contributed by atoms with Crippen LogP contribution in [0.1, 0.15) is 24.6 Å². The Morgan fingerprint density at radius 3 is 3.40 bits per heavy atom. The highest BCUT2D eigenvalue weighted by Crippen LogP contribution is 2.25. The Morgan fingerprint density at radius 2 is 2.60 bits per heavy atom. The van der Waals surface area contributed by atoms with Crippen molar-refractivity contribution in [2.75, 3.05) is 13.2 Å². The summed E-state index contributed by atoms with van der Waals surface area (Å²) in [6.07, 6.45) is 5.47. The quantitative estimate of drug-likeness (QED) is 0.728. The number of hydrogen-bond acceptors (Lipinski definition) is 3. The van der Waals surface area contributed by atoms with Gasteiger partial charge in [-0.25, -0.2) is 4.98 Å². The van der Waals surface area contributed by atoms with Gasteiger partial charge < -0.3 is 15.0 Å². The van der Waals surface area contributed by atoms with Gasteiger partial charge in [-0.2, -0.15) is 0 Å². The van der Waals surface area contributed by atoms with Crippen molar-refractivity contribution in [1.29, 1.82) is 0 Å². The zero-order chi connectivity index (χ0) is 10.7. The number of aryl methyl sites for hydroxylation is 1. The molecule has 0 aliphatic carbocycles. The molecule has 5 heteroatoms. The van der Waals surface area contributed by atoms with Gasteiger partial charge in [-0.1, -0.05) is 0 Å². The van der Waals surface area contributed by atoms with E-state index in [9.17, 15) is 4.79 Å². The average molecular weight is 209 g/mol. The number of fused-ring (bicyclic) bond motifs is 1. The molecule has 0 saturated carbocycles.